The van der Waals surface area contributed by atoms with Gasteiger partial charge in [0.25, 0.3) is 5.91 Å². The molecule has 0 bridgehead atoms. The third kappa shape index (κ3) is 3.57. The van der Waals surface area contributed by atoms with Crippen molar-refractivity contribution < 1.29 is 9.18 Å². The van der Waals surface area contributed by atoms with E-state index < -0.39 is 0 Å². The molecular formula is C19H17FN4O. The number of carbonyl (C=O) groups excluding carboxylic acids is 1. The Hall–Kier alpha value is -3.02. The second kappa shape index (κ2) is 6.47. The van der Waals surface area contributed by atoms with E-state index in [9.17, 15) is 9.18 Å². The Kier molecular flexibility index (Phi) is 4.01. The molecule has 0 atom stereocenters. The Bertz CT molecular complexity index is 900. The van der Waals surface area contributed by atoms with Crippen molar-refractivity contribution in [1.82, 2.24) is 20.3 Å². The summed E-state index contributed by atoms with van der Waals surface area (Å²) < 4.78 is 13.0. The van der Waals surface area contributed by atoms with Gasteiger partial charge < -0.3 is 10.3 Å². The number of hydrogen-bond acceptors (Lipinski definition) is 3. The standard InChI is InChI=1S/C19H17FN4O/c20-15-5-3-12(4-6-15)14-7-18(21-9-14)19(25)22-10-16-8-17(13-1-2-13)24-11-23-16/h3-9,11,13,21H,1-2,10H2,(H,22,25). The van der Waals surface area contributed by atoms with Gasteiger partial charge in [0.15, 0.2) is 0 Å². The van der Waals surface area contributed by atoms with Gasteiger partial charge in [-0.05, 0) is 48.2 Å². The minimum atomic E-state index is -0.285. The van der Waals surface area contributed by atoms with Gasteiger partial charge in [-0.2, -0.15) is 0 Å². The van der Waals surface area contributed by atoms with E-state index in [1.165, 1.54) is 25.0 Å². The normalized spacial score (nSPS) is 13.6. The van der Waals surface area contributed by atoms with Crippen molar-refractivity contribution in [3.8, 4) is 11.1 Å². The Morgan fingerprint density at radius 2 is 1.96 bits per heavy atom. The summed E-state index contributed by atoms with van der Waals surface area (Å²) in [6.45, 7) is 0.353. The summed E-state index contributed by atoms with van der Waals surface area (Å²) in [6.07, 6.45) is 5.64. The van der Waals surface area contributed by atoms with Crippen molar-refractivity contribution in [2.24, 2.45) is 0 Å². The number of nitrogens with zero attached hydrogens (tertiary/aromatic N) is 2. The van der Waals surface area contributed by atoms with Crippen LogP contribution in [0.15, 0.2) is 48.9 Å². The minimum Gasteiger partial charge on any atom is -0.357 e. The lowest BCUT2D eigenvalue weighted by molar-refractivity contribution is 0.0946. The number of aromatic amines is 1. The minimum absolute atomic E-state index is 0.208. The highest BCUT2D eigenvalue weighted by Gasteiger charge is 2.25. The molecule has 1 aliphatic carbocycles. The first-order chi connectivity index (χ1) is 12.2. The van der Waals surface area contributed by atoms with Crippen LogP contribution in [0.4, 0.5) is 4.39 Å². The molecule has 126 valence electrons. The Balaban J connectivity index is 1.41. The summed E-state index contributed by atoms with van der Waals surface area (Å²) >= 11 is 0. The van der Waals surface area contributed by atoms with Crippen molar-refractivity contribution in [3.63, 3.8) is 0 Å². The maximum atomic E-state index is 13.0. The zero-order chi connectivity index (χ0) is 17.2. The zero-order valence-corrected chi connectivity index (χ0v) is 13.5. The second-order valence-electron chi connectivity index (χ2n) is 6.20. The maximum absolute atomic E-state index is 13.0. The molecule has 1 fully saturated rings. The van der Waals surface area contributed by atoms with Crippen molar-refractivity contribution in [1.29, 1.82) is 0 Å². The SMILES string of the molecule is O=C(NCc1cc(C2CC2)ncn1)c1cc(-c2ccc(F)cc2)c[nH]1. The van der Waals surface area contributed by atoms with E-state index >= 15 is 0 Å². The van der Waals surface area contributed by atoms with Crippen molar-refractivity contribution in [2.75, 3.05) is 0 Å². The molecular weight excluding hydrogens is 319 g/mol. The lowest BCUT2D eigenvalue weighted by Gasteiger charge is -2.04. The van der Waals surface area contributed by atoms with Crippen LogP contribution in [0.5, 0.6) is 0 Å². The number of aromatic nitrogens is 3. The van der Waals surface area contributed by atoms with E-state index in [-0.39, 0.29) is 11.7 Å². The van der Waals surface area contributed by atoms with Crippen LogP contribution >= 0.6 is 0 Å². The van der Waals surface area contributed by atoms with Crippen LogP contribution in [-0.4, -0.2) is 20.9 Å². The van der Waals surface area contributed by atoms with E-state index in [0.29, 0.717) is 18.2 Å². The van der Waals surface area contributed by atoms with Gasteiger partial charge in [0, 0.05) is 17.8 Å². The molecule has 0 spiro atoms. The van der Waals surface area contributed by atoms with Crippen molar-refractivity contribution in [3.05, 3.63) is 71.8 Å². The number of carbonyl (C=O) groups is 1. The van der Waals surface area contributed by atoms with Crippen LogP contribution < -0.4 is 5.32 Å². The fourth-order valence-corrected chi connectivity index (χ4v) is 2.71. The fourth-order valence-electron chi connectivity index (χ4n) is 2.71. The van der Waals surface area contributed by atoms with Crippen LogP contribution in [-0.2, 0) is 6.54 Å². The molecule has 2 aromatic heterocycles. The highest BCUT2D eigenvalue weighted by atomic mass is 19.1. The monoisotopic (exact) mass is 336 g/mol. The molecule has 0 radical (unpaired) electrons. The zero-order valence-electron chi connectivity index (χ0n) is 13.5. The molecule has 25 heavy (non-hydrogen) atoms. The second-order valence-corrected chi connectivity index (χ2v) is 6.20. The first kappa shape index (κ1) is 15.5. The number of hydrogen-bond donors (Lipinski definition) is 2. The predicted molar refractivity (Wildman–Crippen MR) is 91.4 cm³/mol. The average Bonchev–Trinajstić information content (AvgIpc) is 3.38. The van der Waals surface area contributed by atoms with E-state index in [0.717, 1.165) is 22.5 Å². The number of benzene rings is 1. The topological polar surface area (TPSA) is 70.7 Å². The van der Waals surface area contributed by atoms with Gasteiger partial charge in [-0.3, -0.25) is 4.79 Å². The molecule has 0 saturated heterocycles. The molecule has 1 saturated carbocycles. The van der Waals surface area contributed by atoms with E-state index in [1.54, 1.807) is 30.7 Å². The summed E-state index contributed by atoms with van der Waals surface area (Å²) in [7, 11) is 0. The Morgan fingerprint density at radius 3 is 2.72 bits per heavy atom. The highest BCUT2D eigenvalue weighted by molar-refractivity contribution is 5.93. The third-order valence-corrected chi connectivity index (χ3v) is 4.28. The molecule has 3 aromatic rings. The molecule has 1 aromatic carbocycles. The number of nitrogens with one attached hydrogen (secondary N) is 2. The summed E-state index contributed by atoms with van der Waals surface area (Å²) in [5.41, 5.74) is 3.99. The number of H-pyrrole nitrogens is 1. The van der Waals surface area contributed by atoms with Gasteiger partial charge in [-0.15, -0.1) is 0 Å². The molecule has 1 aliphatic rings. The van der Waals surface area contributed by atoms with Gasteiger partial charge >= 0.3 is 0 Å². The number of rotatable bonds is 5. The highest BCUT2D eigenvalue weighted by Crippen LogP contribution is 2.38. The third-order valence-electron chi connectivity index (χ3n) is 4.28. The lowest BCUT2D eigenvalue weighted by Crippen LogP contribution is -2.23. The molecule has 2 heterocycles. The summed E-state index contributed by atoms with van der Waals surface area (Å²) in [5, 5.41) is 2.86. The van der Waals surface area contributed by atoms with Gasteiger partial charge in [-0.1, -0.05) is 12.1 Å². The van der Waals surface area contributed by atoms with Gasteiger partial charge in [-0.25, -0.2) is 14.4 Å². The van der Waals surface area contributed by atoms with Crippen molar-refractivity contribution >= 4 is 5.91 Å². The Morgan fingerprint density at radius 1 is 1.16 bits per heavy atom. The largest absolute Gasteiger partial charge is 0.357 e. The molecule has 4 rings (SSSR count). The van der Waals surface area contributed by atoms with Crippen LogP contribution in [0.3, 0.4) is 0 Å². The number of halogens is 1. The Labute approximate surface area is 144 Å². The van der Waals surface area contributed by atoms with Gasteiger partial charge in [0.2, 0.25) is 0 Å². The first-order valence-corrected chi connectivity index (χ1v) is 8.22. The molecule has 0 unspecified atom stereocenters. The first-order valence-electron chi connectivity index (χ1n) is 8.22. The molecule has 1 amide bonds. The molecule has 0 aliphatic heterocycles. The van der Waals surface area contributed by atoms with E-state index in [1.807, 2.05) is 6.07 Å². The number of amides is 1. The molecule has 2 N–H and O–H groups in total. The molecule has 6 heteroatoms. The molecule has 5 nitrogen and oxygen atoms in total. The van der Waals surface area contributed by atoms with Gasteiger partial charge in [0.1, 0.15) is 17.8 Å². The summed E-state index contributed by atoms with van der Waals surface area (Å²) in [6, 6.07) is 9.86. The van der Waals surface area contributed by atoms with Crippen molar-refractivity contribution in [2.45, 2.75) is 25.3 Å². The maximum Gasteiger partial charge on any atom is 0.268 e. The van der Waals surface area contributed by atoms with Crippen LogP contribution in [0.25, 0.3) is 11.1 Å². The van der Waals surface area contributed by atoms with Crippen LogP contribution in [0.2, 0.25) is 0 Å². The quantitative estimate of drug-likeness (QED) is 0.750. The van der Waals surface area contributed by atoms with Crippen LogP contribution in [0, 0.1) is 5.82 Å². The van der Waals surface area contributed by atoms with Crippen LogP contribution in [0.1, 0.15) is 40.6 Å². The van der Waals surface area contributed by atoms with Gasteiger partial charge in [0.05, 0.1) is 12.2 Å². The average molecular weight is 336 g/mol. The predicted octanol–water partition coefficient (Wildman–Crippen LogP) is 3.42. The smallest absolute Gasteiger partial charge is 0.268 e. The van der Waals surface area contributed by atoms with E-state index in [2.05, 4.69) is 20.3 Å². The fraction of sp³-hybridized carbons (Fsp3) is 0.211. The van der Waals surface area contributed by atoms with E-state index in [4.69, 9.17) is 0 Å². The lowest BCUT2D eigenvalue weighted by atomic mass is 10.1. The summed E-state index contributed by atoms with van der Waals surface area (Å²) in [4.78, 5) is 23.7. The summed E-state index contributed by atoms with van der Waals surface area (Å²) in [5.74, 6) is 0.0618.